The van der Waals surface area contributed by atoms with Gasteiger partial charge in [-0.05, 0) is 17.7 Å². The van der Waals surface area contributed by atoms with Gasteiger partial charge in [-0.25, -0.2) is 0 Å². The van der Waals surface area contributed by atoms with E-state index in [1.54, 1.807) is 0 Å². The number of carbonyl (C=O) groups excluding carboxylic acids is 2. The number of amides is 2. The minimum Gasteiger partial charge on any atom is -0.370 e. The zero-order valence-corrected chi connectivity index (χ0v) is 15.6. The Morgan fingerprint density at radius 1 is 1.03 bits per heavy atom. The van der Waals surface area contributed by atoms with Gasteiger partial charge in [-0.15, -0.1) is 0 Å². The van der Waals surface area contributed by atoms with E-state index in [1.165, 1.54) is 0 Å². The monoisotopic (exact) mass is 382 g/mol. The Hall–Kier alpha value is -3.80. The second-order valence-corrected chi connectivity index (χ2v) is 7.57. The highest BCUT2D eigenvalue weighted by molar-refractivity contribution is 6.30. The molecule has 3 heterocycles. The van der Waals surface area contributed by atoms with Gasteiger partial charge < -0.3 is 20.6 Å². The predicted molar refractivity (Wildman–Crippen MR) is 114 cm³/mol. The molecule has 0 fully saturated rings. The van der Waals surface area contributed by atoms with E-state index in [9.17, 15) is 9.59 Å². The normalized spacial score (nSPS) is 13.6. The van der Waals surface area contributed by atoms with E-state index < -0.39 is 0 Å². The Labute approximate surface area is 165 Å². The molecule has 2 aromatic heterocycles. The Bertz CT molecular complexity index is 1510. The van der Waals surface area contributed by atoms with Gasteiger partial charge in [0.05, 0.1) is 16.6 Å². The molecule has 6 heteroatoms. The minimum atomic E-state index is -0.345. The van der Waals surface area contributed by atoms with E-state index in [-0.39, 0.29) is 18.2 Å². The van der Waals surface area contributed by atoms with Gasteiger partial charge in [0.15, 0.2) is 0 Å². The summed E-state index contributed by atoms with van der Waals surface area (Å²) in [6, 6.07) is 16.2. The van der Waals surface area contributed by atoms with Crippen molar-refractivity contribution >= 4 is 55.4 Å². The van der Waals surface area contributed by atoms with Crippen LogP contribution in [0.3, 0.4) is 0 Å². The smallest absolute Gasteiger partial charge is 0.252 e. The topological polar surface area (TPSA) is 92.9 Å². The lowest BCUT2D eigenvalue weighted by molar-refractivity contribution is -0.118. The van der Waals surface area contributed by atoms with Gasteiger partial charge in [0.25, 0.3) is 5.91 Å². The van der Waals surface area contributed by atoms with Crippen LogP contribution in [0.4, 0.5) is 0 Å². The third kappa shape index (κ3) is 2.05. The molecular weight excluding hydrogens is 364 g/mol. The number of nitrogens with two attached hydrogens (primary N) is 1. The number of aryl methyl sites for hydroxylation is 1. The summed E-state index contributed by atoms with van der Waals surface area (Å²) in [5.41, 5.74) is 11.2. The van der Waals surface area contributed by atoms with Crippen molar-refractivity contribution in [3.8, 4) is 0 Å². The van der Waals surface area contributed by atoms with Gasteiger partial charge >= 0.3 is 0 Å². The number of aromatic nitrogens is 2. The van der Waals surface area contributed by atoms with Crippen LogP contribution in [0.1, 0.15) is 22.3 Å². The van der Waals surface area contributed by atoms with Crippen LogP contribution in [-0.2, 0) is 17.9 Å². The van der Waals surface area contributed by atoms with E-state index in [2.05, 4.69) is 20.9 Å². The summed E-state index contributed by atoms with van der Waals surface area (Å²) in [7, 11) is 0. The number of hydrogen-bond donors (Lipinski definition) is 3. The van der Waals surface area contributed by atoms with Crippen LogP contribution in [0.25, 0.3) is 43.6 Å². The molecule has 29 heavy (non-hydrogen) atoms. The summed E-state index contributed by atoms with van der Waals surface area (Å²) in [6.07, 6.45) is 0.235. The molecule has 0 spiro atoms. The third-order valence-electron chi connectivity index (χ3n) is 6.00. The number of hydrogen-bond acceptors (Lipinski definition) is 2. The fraction of sp³-hybridized carbons (Fsp3) is 0.130. The highest BCUT2D eigenvalue weighted by atomic mass is 16.2. The van der Waals surface area contributed by atoms with E-state index in [4.69, 9.17) is 5.73 Å². The van der Waals surface area contributed by atoms with Crippen molar-refractivity contribution in [3.05, 3.63) is 59.7 Å². The summed E-state index contributed by atoms with van der Waals surface area (Å²) in [6.45, 7) is 0.980. The maximum atomic E-state index is 12.9. The van der Waals surface area contributed by atoms with Gasteiger partial charge in [-0.3, -0.25) is 9.59 Å². The number of nitrogens with one attached hydrogen (secondary N) is 2. The lowest BCUT2D eigenvalue weighted by Gasteiger charge is -2.09. The van der Waals surface area contributed by atoms with Crippen molar-refractivity contribution in [1.82, 2.24) is 14.9 Å². The third-order valence-corrected chi connectivity index (χ3v) is 6.00. The summed E-state index contributed by atoms with van der Waals surface area (Å²) in [4.78, 5) is 28.0. The molecule has 1 aliphatic heterocycles. The predicted octanol–water partition coefficient (Wildman–Crippen LogP) is 3.55. The number of benzene rings is 3. The molecule has 0 aliphatic carbocycles. The molecule has 6 rings (SSSR count). The van der Waals surface area contributed by atoms with Crippen LogP contribution >= 0.6 is 0 Å². The molecule has 0 unspecified atom stereocenters. The number of nitrogens with zero attached hydrogens (tertiary/aromatic N) is 1. The molecule has 5 aromatic rings. The SMILES string of the molecule is NC(=O)CCn1c2ccccc2c2c3c(c4c5ccccc5[nH]c4c21)CNC3=O. The lowest BCUT2D eigenvalue weighted by atomic mass is 9.97. The number of rotatable bonds is 3. The maximum absolute atomic E-state index is 12.9. The fourth-order valence-corrected chi connectivity index (χ4v) is 4.86. The van der Waals surface area contributed by atoms with Crippen LogP contribution < -0.4 is 11.1 Å². The number of carbonyl (C=O) groups is 2. The van der Waals surface area contributed by atoms with Crippen LogP contribution in [0.15, 0.2) is 48.5 Å². The molecule has 4 N–H and O–H groups in total. The van der Waals surface area contributed by atoms with E-state index in [0.717, 1.165) is 54.7 Å². The minimum absolute atomic E-state index is 0.0463. The Kier molecular flexibility index (Phi) is 3.13. The molecule has 3 aromatic carbocycles. The number of aromatic amines is 1. The first-order valence-electron chi connectivity index (χ1n) is 9.68. The molecule has 142 valence electrons. The molecule has 1 aliphatic rings. The number of fused-ring (bicyclic) bond motifs is 10. The molecular formula is C23H18N4O2. The van der Waals surface area contributed by atoms with E-state index in [0.29, 0.717) is 13.1 Å². The van der Waals surface area contributed by atoms with Gasteiger partial charge in [-0.1, -0.05) is 36.4 Å². The van der Waals surface area contributed by atoms with Crippen molar-refractivity contribution < 1.29 is 9.59 Å². The van der Waals surface area contributed by atoms with Crippen molar-refractivity contribution in [2.45, 2.75) is 19.5 Å². The van der Waals surface area contributed by atoms with Crippen molar-refractivity contribution in [3.63, 3.8) is 0 Å². The molecule has 0 bridgehead atoms. The quantitative estimate of drug-likeness (QED) is 0.445. The van der Waals surface area contributed by atoms with Gasteiger partial charge in [0.1, 0.15) is 0 Å². The standard InChI is InChI=1S/C23H18N4O2/c24-17(28)9-10-27-16-8-4-2-6-13(16)19-20-14(11-25-23(20)29)18-12-5-1-3-7-15(12)26-21(18)22(19)27/h1-8,26H,9-11H2,(H2,24,28)(H,25,29). The summed E-state index contributed by atoms with van der Waals surface area (Å²) in [5, 5.41) is 7.14. The Balaban J connectivity index is 1.90. The van der Waals surface area contributed by atoms with Gasteiger partial charge in [0.2, 0.25) is 5.91 Å². The summed E-state index contributed by atoms with van der Waals surface area (Å²) < 4.78 is 2.12. The number of H-pyrrole nitrogens is 1. The van der Waals surface area contributed by atoms with Crippen molar-refractivity contribution in [2.24, 2.45) is 5.73 Å². The molecule has 0 atom stereocenters. The fourth-order valence-electron chi connectivity index (χ4n) is 4.86. The first-order valence-corrected chi connectivity index (χ1v) is 9.68. The second-order valence-electron chi connectivity index (χ2n) is 7.57. The van der Waals surface area contributed by atoms with Crippen LogP contribution in [0, 0.1) is 0 Å². The number of para-hydroxylation sites is 2. The Morgan fingerprint density at radius 3 is 2.62 bits per heavy atom. The summed E-state index contributed by atoms with van der Waals surface area (Å²) >= 11 is 0. The van der Waals surface area contributed by atoms with E-state index >= 15 is 0 Å². The first-order chi connectivity index (χ1) is 14.1. The van der Waals surface area contributed by atoms with Gasteiger partial charge in [-0.2, -0.15) is 0 Å². The Morgan fingerprint density at radius 2 is 1.79 bits per heavy atom. The zero-order chi connectivity index (χ0) is 19.7. The average Bonchev–Trinajstić information content (AvgIpc) is 3.38. The second kappa shape index (κ2) is 5.61. The molecule has 6 nitrogen and oxygen atoms in total. The molecule has 0 radical (unpaired) electrons. The highest BCUT2D eigenvalue weighted by Gasteiger charge is 2.30. The number of primary amides is 1. The van der Waals surface area contributed by atoms with E-state index in [1.807, 2.05) is 42.5 Å². The van der Waals surface area contributed by atoms with Crippen molar-refractivity contribution in [2.75, 3.05) is 0 Å². The zero-order valence-electron chi connectivity index (χ0n) is 15.6. The lowest BCUT2D eigenvalue weighted by Crippen LogP contribution is -2.14. The molecule has 2 amide bonds. The largest absolute Gasteiger partial charge is 0.370 e. The maximum Gasteiger partial charge on any atom is 0.252 e. The van der Waals surface area contributed by atoms with Gasteiger partial charge in [0, 0.05) is 52.1 Å². The summed E-state index contributed by atoms with van der Waals surface area (Å²) in [5.74, 6) is -0.391. The first kappa shape index (κ1) is 16.2. The van der Waals surface area contributed by atoms with Crippen LogP contribution in [0.5, 0.6) is 0 Å². The molecule has 0 saturated carbocycles. The highest BCUT2D eigenvalue weighted by Crippen LogP contribution is 2.43. The van der Waals surface area contributed by atoms with Crippen LogP contribution in [-0.4, -0.2) is 21.4 Å². The molecule has 0 saturated heterocycles. The average molecular weight is 382 g/mol. The van der Waals surface area contributed by atoms with Crippen molar-refractivity contribution in [1.29, 1.82) is 0 Å². The van der Waals surface area contributed by atoms with Crippen LogP contribution in [0.2, 0.25) is 0 Å².